The quantitative estimate of drug-likeness (QED) is 0.780. The van der Waals surface area contributed by atoms with Gasteiger partial charge in [0.15, 0.2) is 5.13 Å². The Morgan fingerprint density at radius 3 is 2.72 bits per heavy atom. The van der Waals surface area contributed by atoms with Crippen LogP contribution in [0.5, 0.6) is 5.75 Å². The number of hydrogen-bond donors (Lipinski definition) is 1. The van der Waals surface area contributed by atoms with Gasteiger partial charge in [0.2, 0.25) is 0 Å². The molecule has 2 N–H and O–H groups in total. The average molecular weight is 256 g/mol. The van der Waals surface area contributed by atoms with E-state index in [0.717, 1.165) is 10.6 Å². The number of nitrogens with zero attached hydrogens (tertiary/aromatic N) is 1. The normalized spacial score (nSPS) is 10.7. The van der Waals surface area contributed by atoms with E-state index in [4.69, 9.17) is 10.5 Å². The topological polar surface area (TPSA) is 48.1 Å². The van der Waals surface area contributed by atoms with Crippen LogP contribution in [-0.2, 0) is 6.61 Å². The number of rotatable bonds is 3. The van der Waals surface area contributed by atoms with E-state index in [1.807, 2.05) is 24.3 Å². The highest BCUT2D eigenvalue weighted by Crippen LogP contribution is 2.22. The van der Waals surface area contributed by atoms with Gasteiger partial charge >= 0.3 is 0 Å². The van der Waals surface area contributed by atoms with Gasteiger partial charge in [-0.05, 0) is 22.9 Å². The molecule has 90 valence electrons. The van der Waals surface area contributed by atoms with E-state index in [2.05, 4.69) is 23.2 Å². The molecular formula is C14H12N2OS. The maximum Gasteiger partial charge on any atom is 0.180 e. The third-order valence-corrected chi connectivity index (χ3v) is 3.47. The molecule has 0 spiro atoms. The summed E-state index contributed by atoms with van der Waals surface area (Å²) in [5, 5.41) is 2.97. The smallest absolute Gasteiger partial charge is 0.180 e. The zero-order valence-electron chi connectivity index (χ0n) is 9.67. The number of fused-ring (bicyclic) bond motifs is 1. The largest absolute Gasteiger partial charge is 0.488 e. The molecular weight excluding hydrogens is 244 g/mol. The molecule has 3 aromatic rings. The van der Waals surface area contributed by atoms with Gasteiger partial charge in [-0.1, -0.05) is 41.7 Å². The predicted molar refractivity (Wildman–Crippen MR) is 74.8 cm³/mol. The summed E-state index contributed by atoms with van der Waals surface area (Å²) in [5.41, 5.74) is 5.57. The highest BCUT2D eigenvalue weighted by Gasteiger charge is 2.01. The molecule has 0 radical (unpaired) electrons. The van der Waals surface area contributed by atoms with E-state index < -0.39 is 0 Å². The zero-order chi connectivity index (χ0) is 12.4. The Kier molecular flexibility index (Phi) is 2.86. The second kappa shape index (κ2) is 4.66. The average Bonchev–Trinajstić information content (AvgIpc) is 2.82. The lowest BCUT2D eigenvalue weighted by molar-refractivity contribution is 0.310. The van der Waals surface area contributed by atoms with Crippen LogP contribution in [0.25, 0.3) is 10.8 Å². The lowest BCUT2D eigenvalue weighted by Gasteiger charge is -2.05. The van der Waals surface area contributed by atoms with E-state index >= 15 is 0 Å². The van der Waals surface area contributed by atoms with Gasteiger partial charge in [0.25, 0.3) is 0 Å². The lowest BCUT2D eigenvalue weighted by Crippen LogP contribution is -1.92. The van der Waals surface area contributed by atoms with Crippen LogP contribution in [0.1, 0.15) is 4.88 Å². The Hall–Kier alpha value is -2.07. The van der Waals surface area contributed by atoms with Crippen LogP contribution in [-0.4, -0.2) is 4.98 Å². The summed E-state index contributed by atoms with van der Waals surface area (Å²) in [5.74, 6) is 0.862. The first-order chi connectivity index (χ1) is 8.81. The summed E-state index contributed by atoms with van der Waals surface area (Å²) in [7, 11) is 0. The van der Waals surface area contributed by atoms with Crippen molar-refractivity contribution in [3.05, 3.63) is 53.5 Å². The Balaban J connectivity index is 1.78. The lowest BCUT2D eigenvalue weighted by atomic mass is 10.1. The molecule has 0 unspecified atom stereocenters. The summed E-state index contributed by atoms with van der Waals surface area (Å²) < 4.78 is 5.73. The first-order valence-electron chi connectivity index (χ1n) is 5.63. The molecule has 3 rings (SSSR count). The minimum absolute atomic E-state index is 0.507. The second-order valence-corrected chi connectivity index (χ2v) is 5.11. The summed E-state index contributed by atoms with van der Waals surface area (Å²) in [6.45, 7) is 0.507. The van der Waals surface area contributed by atoms with Crippen LogP contribution in [0, 0.1) is 0 Å². The summed E-state index contributed by atoms with van der Waals surface area (Å²) in [4.78, 5) is 5.02. The molecule has 0 atom stereocenters. The van der Waals surface area contributed by atoms with Crippen molar-refractivity contribution in [2.45, 2.75) is 6.61 Å². The highest BCUT2D eigenvalue weighted by molar-refractivity contribution is 7.15. The van der Waals surface area contributed by atoms with Crippen LogP contribution < -0.4 is 10.5 Å². The number of benzene rings is 2. The van der Waals surface area contributed by atoms with Crippen LogP contribution in [0.2, 0.25) is 0 Å². The summed E-state index contributed by atoms with van der Waals surface area (Å²) in [6, 6.07) is 14.3. The molecule has 18 heavy (non-hydrogen) atoms. The second-order valence-electron chi connectivity index (χ2n) is 3.96. The predicted octanol–water partition coefficient (Wildman–Crippen LogP) is 3.46. The third kappa shape index (κ3) is 2.28. The molecule has 1 aromatic heterocycles. The van der Waals surface area contributed by atoms with E-state index in [1.54, 1.807) is 6.20 Å². The third-order valence-electron chi connectivity index (χ3n) is 2.67. The van der Waals surface area contributed by atoms with E-state index in [-0.39, 0.29) is 0 Å². The fourth-order valence-electron chi connectivity index (χ4n) is 1.80. The Morgan fingerprint density at radius 1 is 1.11 bits per heavy atom. The molecule has 0 saturated carbocycles. The van der Waals surface area contributed by atoms with Crippen molar-refractivity contribution in [1.29, 1.82) is 0 Å². The van der Waals surface area contributed by atoms with Crippen molar-refractivity contribution in [1.82, 2.24) is 4.98 Å². The number of ether oxygens (including phenoxy) is 1. The number of nitrogen functional groups attached to an aromatic ring is 1. The standard InChI is InChI=1S/C14H12N2OS/c15-14-16-8-13(18-14)9-17-12-6-5-10-3-1-2-4-11(10)7-12/h1-8H,9H2,(H2,15,16). The van der Waals surface area contributed by atoms with Gasteiger partial charge in [-0.3, -0.25) is 0 Å². The molecule has 0 saturated heterocycles. The van der Waals surface area contributed by atoms with Gasteiger partial charge in [-0.15, -0.1) is 0 Å². The van der Waals surface area contributed by atoms with Crippen LogP contribution in [0.15, 0.2) is 48.7 Å². The Morgan fingerprint density at radius 2 is 1.94 bits per heavy atom. The fourth-order valence-corrected chi connectivity index (χ4v) is 2.40. The van der Waals surface area contributed by atoms with Gasteiger partial charge < -0.3 is 10.5 Å². The van der Waals surface area contributed by atoms with Gasteiger partial charge in [0, 0.05) is 6.20 Å². The first-order valence-corrected chi connectivity index (χ1v) is 6.45. The first kappa shape index (κ1) is 11.0. The maximum absolute atomic E-state index is 5.73. The molecule has 3 nitrogen and oxygen atoms in total. The van der Waals surface area contributed by atoms with Crippen LogP contribution in [0.4, 0.5) is 5.13 Å². The molecule has 0 amide bonds. The van der Waals surface area contributed by atoms with Crippen LogP contribution >= 0.6 is 11.3 Å². The van der Waals surface area contributed by atoms with Crippen molar-refractivity contribution in [3.63, 3.8) is 0 Å². The van der Waals surface area contributed by atoms with Crippen molar-refractivity contribution in [2.24, 2.45) is 0 Å². The van der Waals surface area contributed by atoms with Gasteiger partial charge in [-0.2, -0.15) is 0 Å². The molecule has 0 bridgehead atoms. The summed E-state index contributed by atoms with van der Waals surface area (Å²) in [6.07, 6.45) is 1.75. The molecule has 0 aliphatic carbocycles. The zero-order valence-corrected chi connectivity index (χ0v) is 10.5. The van der Waals surface area contributed by atoms with Gasteiger partial charge in [0.05, 0.1) is 4.88 Å². The van der Waals surface area contributed by atoms with Crippen molar-refractivity contribution in [2.75, 3.05) is 5.73 Å². The molecule has 0 aliphatic rings. The van der Waals surface area contributed by atoms with Gasteiger partial charge in [0.1, 0.15) is 12.4 Å². The van der Waals surface area contributed by atoms with Gasteiger partial charge in [-0.25, -0.2) is 4.98 Å². The highest BCUT2D eigenvalue weighted by atomic mass is 32.1. The summed E-state index contributed by atoms with van der Waals surface area (Å²) >= 11 is 1.45. The minimum atomic E-state index is 0.507. The number of thiazole rings is 1. The number of hydrogen-bond acceptors (Lipinski definition) is 4. The Bertz CT molecular complexity index is 678. The van der Waals surface area contributed by atoms with Crippen molar-refractivity contribution in [3.8, 4) is 5.75 Å². The van der Waals surface area contributed by atoms with Crippen molar-refractivity contribution >= 4 is 27.2 Å². The SMILES string of the molecule is Nc1ncc(COc2ccc3ccccc3c2)s1. The molecule has 4 heteroatoms. The number of anilines is 1. The maximum atomic E-state index is 5.73. The van der Waals surface area contributed by atoms with Crippen molar-refractivity contribution < 1.29 is 4.74 Å². The van der Waals surface area contributed by atoms with E-state index in [0.29, 0.717) is 11.7 Å². The molecule has 0 fully saturated rings. The Labute approximate surface area is 109 Å². The molecule has 0 aliphatic heterocycles. The van der Waals surface area contributed by atoms with E-state index in [9.17, 15) is 0 Å². The minimum Gasteiger partial charge on any atom is -0.488 e. The molecule has 1 heterocycles. The monoisotopic (exact) mass is 256 g/mol. The van der Waals surface area contributed by atoms with E-state index in [1.165, 1.54) is 22.1 Å². The number of nitrogens with two attached hydrogens (primary N) is 1. The number of aromatic nitrogens is 1. The molecule has 2 aromatic carbocycles. The van der Waals surface area contributed by atoms with Crippen LogP contribution in [0.3, 0.4) is 0 Å². The fraction of sp³-hybridized carbons (Fsp3) is 0.0714.